The van der Waals surface area contributed by atoms with E-state index < -0.39 is 0 Å². The Kier molecular flexibility index (Phi) is 4.93. The summed E-state index contributed by atoms with van der Waals surface area (Å²) in [6, 6.07) is 32.9. The van der Waals surface area contributed by atoms with Crippen molar-refractivity contribution in [3.63, 3.8) is 0 Å². The number of aromatic nitrogens is 2. The summed E-state index contributed by atoms with van der Waals surface area (Å²) in [6.45, 7) is 2.12. The van der Waals surface area contributed by atoms with E-state index in [-0.39, 0.29) is 6.04 Å². The molecule has 0 aliphatic carbocycles. The molecule has 4 aromatic rings. The molecule has 0 spiro atoms. The minimum Gasteiger partial charge on any atom is -0.348 e. The van der Waals surface area contributed by atoms with E-state index in [4.69, 9.17) is 9.97 Å². The maximum absolute atomic E-state index is 4.77. The molecule has 1 N–H and O–H groups in total. The van der Waals surface area contributed by atoms with Crippen molar-refractivity contribution in [2.75, 3.05) is 5.32 Å². The summed E-state index contributed by atoms with van der Waals surface area (Å²) in [5, 5.41) is 3.46. The van der Waals surface area contributed by atoms with Gasteiger partial charge in [0.05, 0.1) is 17.4 Å². The molecule has 3 aromatic carbocycles. The molecular weight excluding hydrogens is 330 g/mol. The molecule has 1 heterocycles. The summed E-state index contributed by atoms with van der Waals surface area (Å²) in [5.74, 6) is 0.631. The van der Waals surface area contributed by atoms with Crippen LogP contribution in [0.25, 0.3) is 22.5 Å². The van der Waals surface area contributed by atoms with Crippen LogP contribution in [0.3, 0.4) is 0 Å². The SMILES string of the molecule is C[C@@H](Nc1nc(-c2ccccc2)cc(-c2ccccc2)n1)c1ccccc1. The smallest absolute Gasteiger partial charge is 0.224 e. The first-order chi connectivity index (χ1) is 13.3. The summed E-state index contributed by atoms with van der Waals surface area (Å²) >= 11 is 0. The fourth-order valence-electron chi connectivity index (χ4n) is 3.04. The van der Waals surface area contributed by atoms with Crippen LogP contribution in [0.5, 0.6) is 0 Å². The number of benzene rings is 3. The Labute approximate surface area is 159 Å². The molecule has 0 aliphatic heterocycles. The van der Waals surface area contributed by atoms with E-state index in [1.165, 1.54) is 5.56 Å². The summed E-state index contributed by atoms with van der Waals surface area (Å²) in [7, 11) is 0. The van der Waals surface area contributed by atoms with Crippen molar-refractivity contribution < 1.29 is 0 Å². The fraction of sp³-hybridized carbons (Fsp3) is 0.0833. The molecule has 0 fully saturated rings. The van der Waals surface area contributed by atoms with Crippen molar-refractivity contribution >= 4 is 5.95 Å². The molecule has 0 aliphatic rings. The lowest BCUT2D eigenvalue weighted by Crippen LogP contribution is -2.10. The first kappa shape index (κ1) is 17.0. The Morgan fingerprint density at radius 2 is 1.07 bits per heavy atom. The Hall–Kier alpha value is -3.46. The second-order valence-electron chi connectivity index (χ2n) is 6.47. The molecular formula is C24H21N3. The number of hydrogen-bond donors (Lipinski definition) is 1. The van der Waals surface area contributed by atoms with Crippen LogP contribution in [0, 0.1) is 0 Å². The van der Waals surface area contributed by atoms with Crippen LogP contribution in [0.2, 0.25) is 0 Å². The highest BCUT2D eigenvalue weighted by Crippen LogP contribution is 2.26. The third-order valence-corrected chi connectivity index (χ3v) is 4.51. The third kappa shape index (κ3) is 4.04. The summed E-state index contributed by atoms with van der Waals surface area (Å²) in [5.41, 5.74) is 5.17. The number of rotatable bonds is 5. The van der Waals surface area contributed by atoms with Crippen molar-refractivity contribution in [3.8, 4) is 22.5 Å². The van der Waals surface area contributed by atoms with E-state index >= 15 is 0 Å². The van der Waals surface area contributed by atoms with Gasteiger partial charge in [-0.15, -0.1) is 0 Å². The monoisotopic (exact) mass is 351 g/mol. The number of nitrogens with zero attached hydrogens (tertiary/aromatic N) is 2. The number of anilines is 1. The van der Waals surface area contributed by atoms with Gasteiger partial charge in [-0.3, -0.25) is 0 Å². The molecule has 3 nitrogen and oxygen atoms in total. The predicted molar refractivity (Wildman–Crippen MR) is 111 cm³/mol. The van der Waals surface area contributed by atoms with Crippen molar-refractivity contribution in [2.24, 2.45) is 0 Å². The van der Waals surface area contributed by atoms with Gasteiger partial charge in [0.25, 0.3) is 0 Å². The maximum atomic E-state index is 4.77. The van der Waals surface area contributed by atoms with E-state index in [0.29, 0.717) is 5.95 Å². The zero-order chi connectivity index (χ0) is 18.5. The topological polar surface area (TPSA) is 37.8 Å². The van der Waals surface area contributed by atoms with E-state index in [1.807, 2.05) is 60.7 Å². The Balaban J connectivity index is 1.74. The lowest BCUT2D eigenvalue weighted by Gasteiger charge is -2.16. The highest BCUT2D eigenvalue weighted by atomic mass is 15.1. The molecule has 0 amide bonds. The molecule has 3 heteroatoms. The van der Waals surface area contributed by atoms with Crippen molar-refractivity contribution in [1.29, 1.82) is 0 Å². The van der Waals surface area contributed by atoms with Gasteiger partial charge in [-0.05, 0) is 18.6 Å². The van der Waals surface area contributed by atoms with E-state index in [2.05, 4.69) is 48.6 Å². The average Bonchev–Trinajstić information content (AvgIpc) is 2.75. The Morgan fingerprint density at radius 1 is 0.630 bits per heavy atom. The van der Waals surface area contributed by atoms with Crippen molar-refractivity contribution in [3.05, 3.63) is 103 Å². The lowest BCUT2D eigenvalue weighted by molar-refractivity contribution is 0.862. The zero-order valence-electron chi connectivity index (χ0n) is 15.2. The molecule has 0 saturated heterocycles. The van der Waals surface area contributed by atoms with Gasteiger partial charge in [0.15, 0.2) is 0 Å². The van der Waals surface area contributed by atoms with Gasteiger partial charge in [-0.25, -0.2) is 9.97 Å². The van der Waals surface area contributed by atoms with Crippen molar-refractivity contribution in [1.82, 2.24) is 9.97 Å². The molecule has 132 valence electrons. The quantitative estimate of drug-likeness (QED) is 0.480. The largest absolute Gasteiger partial charge is 0.348 e. The van der Waals surface area contributed by atoms with Gasteiger partial charge >= 0.3 is 0 Å². The highest BCUT2D eigenvalue weighted by Gasteiger charge is 2.11. The molecule has 0 saturated carbocycles. The fourth-order valence-corrected chi connectivity index (χ4v) is 3.04. The van der Waals surface area contributed by atoms with Gasteiger partial charge in [-0.2, -0.15) is 0 Å². The summed E-state index contributed by atoms with van der Waals surface area (Å²) in [6.07, 6.45) is 0. The normalized spacial score (nSPS) is 11.7. The summed E-state index contributed by atoms with van der Waals surface area (Å²) < 4.78 is 0. The van der Waals surface area contributed by atoms with Gasteiger partial charge in [-0.1, -0.05) is 91.0 Å². The second-order valence-corrected chi connectivity index (χ2v) is 6.47. The highest BCUT2D eigenvalue weighted by molar-refractivity contribution is 5.69. The lowest BCUT2D eigenvalue weighted by atomic mass is 10.1. The number of nitrogens with one attached hydrogen (secondary N) is 1. The van der Waals surface area contributed by atoms with Crippen LogP contribution in [0.15, 0.2) is 97.1 Å². The van der Waals surface area contributed by atoms with Crippen LogP contribution in [-0.4, -0.2) is 9.97 Å². The van der Waals surface area contributed by atoms with Crippen LogP contribution in [0.1, 0.15) is 18.5 Å². The Bertz CT molecular complexity index is 942. The van der Waals surface area contributed by atoms with Crippen molar-refractivity contribution in [2.45, 2.75) is 13.0 Å². The maximum Gasteiger partial charge on any atom is 0.224 e. The predicted octanol–water partition coefficient (Wildman–Crippen LogP) is 5.98. The molecule has 0 bridgehead atoms. The minimum atomic E-state index is 0.112. The molecule has 27 heavy (non-hydrogen) atoms. The standard InChI is InChI=1S/C24H21N3/c1-18(19-11-5-2-6-12-19)25-24-26-22(20-13-7-3-8-14-20)17-23(27-24)21-15-9-4-10-16-21/h2-18H,1H3,(H,25,26,27)/t18-/m1/s1. The van der Waals surface area contributed by atoms with E-state index in [0.717, 1.165) is 22.5 Å². The molecule has 1 atom stereocenters. The molecule has 0 unspecified atom stereocenters. The zero-order valence-corrected chi connectivity index (χ0v) is 15.2. The first-order valence-electron chi connectivity index (χ1n) is 9.11. The molecule has 1 aromatic heterocycles. The molecule has 4 rings (SSSR count). The van der Waals surface area contributed by atoms with Crippen LogP contribution in [0.4, 0.5) is 5.95 Å². The third-order valence-electron chi connectivity index (χ3n) is 4.51. The van der Waals surface area contributed by atoms with Crippen LogP contribution >= 0.6 is 0 Å². The molecule has 0 radical (unpaired) electrons. The van der Waals surface area contributed by atoms with Gasteiger partial charge in [0, 0.05) is 11.1 Å². The van der Waals surface area contributed by atoms with E-state index in [1.54, 1.807) is 0 Å². The average molecular weight is 351 g/mol. The van der Waals surface area contributed by atoms with E-state index in [9.17, 15) is 0 Å². The van der Waals surface area contributed by atoms with Crippen LogP contribution in [-0.2, 0) is 0 Å². The van der Waals surface area contributed by atoms with Gasteiger partial charge in [0.1, 0.15) is 0 Å². The van der Waals surface area contributed by atoms with Gasteiger partial charge < -0.3 is 5.32 Å². The number of hydrogen-bond acceptors (Lipinski definition) is 3. The summed E-state index contributed by atoms with van der Waals surface area (Å²) in [4.78, 5) is 9.54. The van der Waals surface area contributed by atoms with Gasteiger partial charge in [0.2, 0.25) is 5.95 Å². The second kappa shape index (κ2) is 7.83. The van der Waals surface area contributed by atoms with Crippen LogP contribution < -0.4 is 5.32 Å². The first-order valence-corrected chi connectivity index (χ1v) is 9.11. The Morgan fingerprint density at radius 3 is 1.56 bits per heavy atom. The minimum absolute atomic E-state index is 0.112.